The minimum absolute atomic E-state index is 0.00375. The summed E-state index contributed by atoms with van der Waals surface area (Å²) in [7, 11) is 0. The lowest BCUT2D eigenvalue weighted by molar-refractivity contribution is -0.0558. The first kappa shape index (κ1) is 8.87. The standard InChI is InChI=1S/C7H14F2N2/c8-7(9)3-1-2-5(4-7)6(10)11/h5-6H,1-4,10-11H2. The molecule has 0 amide bonds. The van der Waals surface area contributed by atoms with Gasteiger partial charge in [-0.3, -0.25) is 0 Å². The van der Waals surface area contributed by atoms with Gasteiger partial charge in [-0.05, 0) is 18.8 Å². The van der Waals surface area contributed by atoms with E-state index < -0.39 is 12.1 Å². The Morgan fingerprint density at radius 1 is 1.36 bits per heavy atom. The monoisotopic (exact) mass is 164 g/mol. The van der Waals surface area contributed by atoms with E-state index in [2.05, 4.69) is 0 Å². The Kier molecular flexibility index (Phi) is 2.44. The van der Waals surface area contributed by atoms with E-state index in [0.29, 0.717) is 6.42 Å². The molecular weight excluding hydrogens is 150 g/mol. The number of hydrogen-bond acceptors (Lipinski definition) is 2. The fourth-order valence-corrected chi connectivity index (χ4v) is 1.54. The van der Waals surface area contributed by atoms with Crippen molar-refractivity contribution in [2.24, 2.45) is 17.4 Å². The molecule has 0 radical (unpaired) electrons. The summed E-state index contributed by atoms with van der Waals surface area (Å²) in [5.41, 5.74) is 10.7. The highest BCUT2D eigenvalue weighted by atomic mass is 19.3. The Hall–Kier alpha value is -0.220. The molecule has 0 aromatic carbocycles. The third-order valence-corrected chi connectivity index (χ3v) is 2.22. The van der Waals surface area contributed by atoms with Crippen LogP contribution in [0.4, 0.5) is 8.78 Å². The Morgan fingerprint density at radius 3 is 2.36 bits per heavy atom. The third-order valence-electron chi connectivity index (χ3n) is 2.22. The molecule has 0 saturated heterocycles. The van der Waals surface area contributed by atoms with Crippen molar-refractivity contribution in [1.82, 2.24) is 0 Å². The van der Waals surface area contributed by atoms with Crippen molar-refractivity contribution in [3.05, 3.63) is 0 Å². The molecule has 1 atom stereocenters. The first-order chi connectivity index (χ1) is 5.01. The van der Waals surface area contributed by atoms with E-state index >= 15 is 0 Å². The van der Waals surface area contributed by atoms with Gasteiger partial charge in [0.05, 0.1) is 6.17 Å². The van der Waals surface area contributed by atoms with Crippen molar-refractivity contribution in [3.8, 4) is 0 Å². The van der Waals surface area contributed by atoms with Crippen molar-refractivity contribution in [1.29, 1.82) is 0 Å². The van der Waals surface area contributed by atoms with Crippen molar-refractivity contribution in [3.63, 3.8) is 0 Å². The van der Waals surface area contributed by atoms with Gasteiger partial charge in [0.1, 0.15) is 0 Å². The summed E-state index contributed by atoms with van der Waals surface area (Å²) in [6.45, 7) is 0. The van der Waals surface area contributed by atoms with Crippen LogP contribution in [0.2, 0.25) is 0 Å². The normalized spacial score (nSPS) is 30.8. The van der Waals surface area contributed by atoms with Crippen molar-refractivity contribution in [2.75, 3.05) is 0 Å². The van der Waals surface area contributed by atoms with Crippen molar-refractivity contribution in [2.45, 2.75) is 37.8 Å². The van der Waals surface area contributed by atoms with Gasteiger partial charge in [0, 0.05) is 12.8 Å². The van der Waals surface area contributed by atoms with Crippen LogP contribution in [0.15, 0.2) is 0 Å². The summed E-state index contributed by atoms with van der Waals surface area (Å²) in [5.74, 6) is -2.72. The SMILES string of the molecule is NC(N)C1CCCC(F)(F)C1. The minimum atomic E-state index is -2.53. The van der Waals surface area contributed by atoms with Gasteiger partial charge in [-0.15, -0.1) is 0 Å². The van der Waals surface area contributed by atoms with Gasteiger partial charge >= 0.3 is 0 Å². The number of halogens is 2. The molecule has 66 valence electrons. The molecule has 11 heavy (non-hydrogen) atoms. The molecule has 1 saturated carbocycles. The summed E-state index contributed by atoms with van der Waals surface area (Å²) >= 11 is 0. The topological polar surface area (TPSA) is 52.0 Å². The zero-order chi connectivity index (χ0) is 8.48. The second-order valence-corrected chi connectivity index (χ2v) is 3.29. The van der Waals surface area contributed by atoms with Crippen LogP contribution in [0.5, 0.6) is 0 Å². The fraction of sp³-hybridized carbons (Fsp3) is 1.00. The average Bonchev–Trinajstić information content (AvgIpc) is 1.85. The maximum absolute atomic E-state index is 12.7. The van der Waals surface area contributed by atoms with Gasteiger partial charge in [-0.1, -0.05) is 0 Å². The number of rotatable bonds is 1. The first-order valence-corrected chi connectivity index (χ1v) is 3.90. The van der Waals surface area contributed by atoms with Gasteiger partial charge in [0.25, 0.3) is 0 Å². The maximum Gasteiger partial charge on any atom is 0.248 e. The molecule has 2 nitrogen and oxygen atoms in total. The van der Waals surface area contributed by atoms with Gasteiger partial charge < -0.3 is 11.5 Å². The van der Waals surface area contributed by atoms with E-state index in [0.717, 1.165) is 6.42 Å². The summed E-state index contributed by atoms with van der Waals surface area (Å²) in [5, 5.41) is 0. The average molecular weight is 164 g/mol. The minimum Gasteiger partial charge on any atom is -0.316 e. The van der Waals surface area contributed by atoms with Gasteiger partial charge in [-0.25, -0.2) is 8.78 Å². The van der Waals surface area contributed by atoms with E-state index in [1.165, 1.54) is 0 Å². The van der Waals surface area contributed by atoms with Crippen LogP contribution in [0.3, 0.4) is 0 Å². The molecule has 4 N–H and O–H groups in total. The molecule has 1 fully saturated rings. The molecule has 0 aliphatic heterocycles. The third kappa shape index (κ3) is 2.38. The number of nitrogens with two attached hydrogens (primary N) is 2. The lowest BCUT2D eigenvalue weighted by Gasteiger charge is -2.30. The Balaban J connectivity index is 2.46. The molecule has 0 bridgehead atoms. The summed E-state index contributed by atoms with van der Waals surface area (Å²) in [4.78, 5) is 0. The van der Waals surface area contributed by atoms with E-state index in [-0.39, 0.29) is 18.8 Å². The molecule has 4 heteroatoms. The highest BCUT2D eigenvalue weighted by molar-refractivity contribution is 4.81. The Morgan fingerprint density at radius 2 is 2.00 bits per heavy atom. The Bertz CT molecular complexity index is 136. The highest BCUT2D eigenvalue weighted by Crippen LogP contribution is 2.36. The van der Waals surface area contributed by atoms with Crippen LogP contribution in [0.1, 0.15) is 25.7 Å². The Labute approximate surface area is 64.9 Å². The predicted molar refractivity (Wildman–Crippen MR) is 39.1 cm³/mol. The van der Waals surface area contributed by atoms with Crippen LogP contribution in [0.25, 0.3) is 0 Å². The summed E-state index contributed by atoms with van der Waals surface area (Å²) < 4.78 is 25.4. The molecule has 1 aliphatic carbocycles. The van der Waals surface area contributed by atoms with Crippen molar-refractivity contribution >= 4 is 0 Å². The molecule has 1 aliphatic rings. The molecule has 0 aromatic heterocycles. The fourth-order valence-electron chi connectivity index (χ4n) is 1.54. The van der Waals surface area contributed by atoms with Crippen LogP contribution >= 0.6 is 0 Å². The number of alkyl halides is 2. The van der Waals surface area contributed by atoms with Crippen LogP contribution in [-0.2, 0) is 0 Å². The maximum atomic E-state index is 12.7. The zero-order valence-corrected chi connectivity index (χ0v) is 6.39. The van der Waals surface area contributed by atoms with E-state index in [4.69, 9.17) is 11.5 Å². The van der Waals surface area contributed by atoms with Gasteiger partial charge in [0.2, 0.25) is 5.92 Å². The van der Waals surface area contributed by atoms with E-state index in [1.807, 2.05) is 0 Å². The molecular formula is C7H14F2N2. The van der Waals surface area contributed by atoms with Crippen LogP contribution in [-0.4, -0.2) is 12.1 Å². The smallest absolute Gasteiger partial charge is 0.248 e. The van der Waals surface area contributed by atoms with Crippen LogP contribution < -0.4 is 11.5 Å². The lowest BCUT2D eigenvalue weighted by Crippen LogP contribution is -2.43. The molecule has 0 aromatic rings. The quantitative estimate of drug-likeness (QED) is 0.569. The molecule has 0 heterocycles. The first-order valence-electron chi connectivity index (χ1n) is 3.90. The largest absolute Gasteiger partial charge is 0.316 e. The van der Waals surface area contributed by atoms with E-state index in [9.17, 15) is 8.78 Å². The van der Waals surface area contributed by atoms with Crippen molar-refractivity contribution < 1.29 is 8.78 Å². The molecule has 1 rings (SSSR count). The zero-order valence-electron chi connectivity index (χ0n) is 6.39. The second kappa shape index (κ2) is 3.03. The highest BCUT2D eigenvalue weighted by Gasteiger charge is 2.37. The predicted octanol–water partition coefficient (Wildman–Crippen LogP) is 1.06. The van der Waals surface area contributed by atoms with Gasteiger partial charge in [-0.2, -0.15) is 0 Å². The summed E-state index contributed by atoms with van der Waals surface area (Å²) in [6.07, 6.45) is 0.567. The van der Waals surface area contributed by atoms with Crippen LogP contribution in [0, 0.1) is 5.92 Å². The number of hydrogen-bond donors (Lipinski definition) is 2. The molecule has 0 spiro atoms. The molecule has 1 unspecified atom stereocenters. The van der Waals surface area contributed by atoms with E-state index in [1.54, 1.807) is 0 Å². The summed E-state index contributed by atoms with van der Waals surface area (Å²) in [6, 6.07) is 0. The lowest BCUT2D eigenvalue weighted by atomic mass is 9.85. The second-order valence-electron chi connectivity index (χ2n) is 3.29. The van der Waals surface area contributed by atoms with Gasteiger partial charge in [0.15, 0.2) is 0 Å².